The number of halogens is 1. The van der Waals surface area contributed by atoms with Crippen molar-refractivity contribution in [3.8, 4) is 0 Å². The predicted molar refractivity (Wildman–Crippen MR) is 82.1 cm³/mol. The normalized spacial score (nSPS) is 10.4. The molecule has 0 spiro atoms. The standard InChI is InChI=1S/C15H17BrN2/c1-18(2)15-8-5-12(10-14(15)17)9-11-3-6-13(16)7-4-11/h3-8,10H,9,17H2,1-2H3. The van der Waals surface area contributed by atoms with Crippen LogP contribution >= 0.6 is 15.9 Å². The van der Waals surface area contributed by atoms with Gasteiger partial charge in [0.1, 0.15) is 0 Å². The molecule has 0 fully saturated rings. The molecule has 0 saturated carbocycles. The van der Waals surface area contributed by atoms with E-state index in [2.05, 4.69) is 58.4 Å². The summed E-state index contributed by atoms with van der Waals surface area (Å²) >= 11 is 3.44. The second kappa shape index (κ2) is 5.44. The molecule has 0 atom stereocenters. The molecule has 0 heterocycles. The molecule has 2 aromatic carbocycles. The minimum atomic E-state index is 0.828. The van der Waals surface area contributed by atoms with Crippen LogP contribution in [0.2, 0.25) is 0 Å². The third-order valence-electron chi connectivity index (χ3n) is 2.90. The fourth-order valence-electron chi connectivity index (χ4n) is 1.96. The van der Waals surface area contributed by atoms with E-state index in [4.69, 9.17) is 5.73 Å². The van der Waals surface area contributed by atoms with Crippen LogP contribution in [0.1, 0.15) is 11.1 Å². The van der Waals surface area contributed by atoms with E-state index in [-0.39, 0.29) is 0 Å². The lowest BCUT2D eigenvalue weighted by Gasteiger charge is -2.16. The van der Waals surface area contributed by atoms with Gasteiger partial charge in [0, 0.05) is 18.6 Å². The Balaban J connectivity index is 2.20. The highest BCUT2D eigenvalue weighted by Crippen LogP contribution is 2.24. The molecule has 0 radical (unpaired) electrons. The Hall–Kier alpha value is -1.48. The molecule has 0 aliphatic heterocycles. The summed E-state index contributed by atoms with van der Waals surface area (Å²) in [5, 5.41) is 0. The van der Waals surface area contributed by atoms with E-state index in [9.17, 15) is 0 Å². The van der Waals surface area contributed by atoms with Gasteiger partial charge in [-0.1, -0.05) is 34.1 Å². The van der Waals surface area contributed by atoms with E-state index in [1.807, 2.05) is 19.0 Å². The molecular formula is C15H17BrN2. The molecule has 0 aliphatic rings. The van der Waals surface area contributed by atoms with Crippen molar-refractivity contribution in [3.05, 3.63) is 58.1 Å². The van der Waals surface area contributed by atoms with Crippen molar-refractivity contribution in [2.45, 2.75) is 6.42 Å². The smallest absolute Gasteiger partial charge is 0.0594 e. The third-order valence-corrected chi connectivity index (χ3v) is 3.42. The van der Waals surface area contributed by atoms with Gasteiger partial charge in [-0.05, 0) is 41.8 Å². The van der Waals surface area contributed by atoms with E-state index in [1.54, 1.807) is 0 Å². The monoisotopic (exact) mass is 304 g/mol. The van der Waals surface area contributed by atoms with E-state index >= 15 is 0 Å². The number of nitrogens with zero attached hydrogens (tertiary/aromatic N) is 1. The van der Waals surface area contributed by atoms with E-state index in [0.29, 0.717) is 0 Å². The van der Waals surface area contributed by atoms with Crippen LogP contribution in [0.15, 0.2) is 46.9 Å². The van der Waals surface area contributed by atoms with Crippen molar-refractivity contribution in [1.29, 1.82) is 0 Å². The van der Waals surface area contributed by atoms with Crippen molar-refractivity contribution in [3.63, 3.8) is 0 Å². The summed E-state index contributed by atoms with van der Waals surface area (Å²) in [6.45, 7) is 0. The summed E-state index contributed by atoms with van der Waals surface area (Å²) in [5.74, 6) is 0. The molecular weight excluding hydrogens is 288 g/mol. The van der Waals surface area contributed by atoms with Crippen LogP contribution in [-0.2, 0) is 6.42 Å². The summed E-state index contributed by atoms with van der Waals surface area (Å²) < 4.78 is 1.11. The second-order valence-electron chi connectivity index (χ2n) is 4.59. The van der Waals surface area contributed by atoms with Gasteiger partial charge >= 0.3 is 0 Å². The van der Waals surface area contributed by atoms with Gasteiger partial charge in [0.2, 0.25) is 0 Å². The van der Waals surface area contributed by atoms with Crippen molar-refractivity contribution in [2.24, 2.45) is 0 Å². The molecule has 2 aromatic rings. The lowest BCUT2D eigenvalue weighted by Crippen LogP contribution is -2.11. The molecule has 18 heavy (non-hydrogen) atoms. The van der Waals surface area contributed by atoms with Gasteiger partial charge < -0.3 is 10.6 Å². The van der Waals surface area contributed by atoms with Gasteiger partial charge in [0.15, 0.2) is 0 Å². The Morgan fingerprint density at radius 1 is 1.00 bits per heavy atom. The van der Waals surface area contributed by atoms with Crippen LogP contribution in [0.5, 0.6) is 0 Å². The maximum Gasteiger partial charge on any atom is 0.0594 e. The zero-order valence-corrected chi connectivity index (χ0v) is 12.2. The average Bonchev–Trinajstić information content (AvgIpc) is 2.32. The summed E-state index contributed by atoms with van der Waals surface area (Å²) in [5.41, 5.74) is 10.5. The Kier molecular flexibility index (Phi) is 3.92. The van der Waals surface area contributed by atoms with E-state index < -0.39 is 0 Å². The molecule has 0 saturated heterocycles. The first-order chi connectivity index (χ1) is 8.56. The molecule has 0 bridgehead atoms. The summed E-state index contributed by atoms with van der Waals surface area (Å²) in [6.07, 6.45) is 0.908. The maximum atomic E-state index is 6.05. The summed E-state index contributed by atoms with van der Waals surface area (Å²) in [4.78, 5) is 2.03. The molecule has 0 aliphatic carbocycles. The van der Waals surface area contributed by atoms with Crippen LogP contribution in [0.3, 0.4) is 0 Å². The number of nitrogens with two attached hydrogens (primary N) is 1. The quantitative estimate of drug-likeness (QED) is 0.876. The number of hydrogen-bond acceptors (Lipinski definition) is 2. The Morgan fingerprint density at radius 3 is 2.17 bits per heavy atom. The van der Waals surface area contributed by atoms with Crippen molar-refractivity contribution in [2.75, 3.05) is 24.7 Å². The molecule has 2 rings (SSSR count). The second-order valence-corrected chi connectivity index (χ2v) is 5.51. The first-order valence-corrected chi connectivity index (χ1v) is 6.66. The number of anilines is 2. The largest absolute Gasteiger partial charge is 0.397 e. The SMILES string of the molecule is CN(C)c1ccc(Cc2ccc(Br)cc2)cc1N. The highest BCUT2D eigenvalue weighted by molar-refractivity contribution is 9.10. The lowest BCUT2D eigenvalue weighted by atomic mass is 10.0. The molecule has 2 N–H and O–H groups in total. The number of nitrogen functional groups attached to an aromatic ring is 1. The summed E-state index contributed by atoms with van der Waals surface area (Å²) in [6, 6.07) is 14.6. The van der Waals surface area contributed by atoms with Gasteiger partial charge in [-0.15, -0.1) is 0 Å². The molecule has 3 heteroatoms. The lowest BCUT2D eigenvalue weighted by molar-refractivity contribution is 1.12. The Bertz CT molecular complexity index is 533. The fourth-order valence-corrected chi connectivity index (χ4v) is 2.22. The molecule has 0 unspecified atom stereocenters. The van der Waals surface area contributed by atoms with Gasteiger partial charge in [0.25, 0.3) is 0 Å². The van der Waals surface area contributed by atoms with Crippen LogP contribution in [0.25, 0.3) is 0 Å². The highest BCUT2D eigenvalue weighted by atomic mass is 79.9. The predicted octanol–water partition coefficient (Wildman–Crippen LogP) is 3.69. The summed E-state index contributed by atoms with van der Waals surface area (Å²) in [7, 11) is 4.00. The highest BCUT2D eigenvalue weighted by Gasteiger charge is 2.03. The van der Waals surface area contributed by atoms with Crippen LogP contribution in [-0.4, -0.2) is 14.1 Å². The van der Waals surface area contributed by atoms with Crippen molar-refractivity contribution >= 4 is 27.3 Å². The molecule has 0 aromatic heterocycles. The average molecular weight is 305 g/mol. The zero-order chi connectivity index (χ0) is 13.1. The number of hydrogen-bond donors (Lipinski definition) is 1. The van der Waals surface area contributed by atoms with Crippen molar-refractivity contribution < 1.29 is 0 Å². The minimum Gasteiger partial charge on any atom is -0.397 e. The Morgan fingerprint density at radius 2 is 1.61 bits per heavy atom. The topological polar surface area (TPSA) is 29.3 Å². The van der Waals surface area contributed by atoms with Gasteiger partial charge in [-0.2, -0.15) is 0 Å². The Labute approximate surface area is 117 Å². The minimum absolute atomic E-state index is 0.828. The number of rotatable bonds is 3. The van der Waals surface area contributed by atoms with Gasteiger partial charge in [-0.25, -0.2) is 0 Å². The van der Waals surface area contributed by atoms with Crippen molar-refractivity contribution in [1.82, 2.24) is 0 Å². The van der Waals surface area contributed by atoms with Crippen LogP contribution in [0, 0.1) is 0 Å². The molecule has 94 valence electrons. The van der Waals surface area contributed by atoms with Gasteiger partial charge in [0.05, 0.1) is 11.4 Å². The van der Waals surface area contributed by atoms with Crippen LogP contribution < -0.4 is 10.6 Å². The van der Waals surface area contributed by atoms with E-state index in [1.165, 1.54) is 11.1 Å². The number of benzene rings is 2. The van der Waals surface area contributed by atoms with Gasteiger partial charge in [-0.3, -0.25) is 0 Å². The first-order valence-electron chi connectivity index (χ1n) is 5.86. The first kappa shape index (κ1) is 13.0. The fraction of sp³-hybridized carbons (Fsp3) is 0.200. The third kappa shape index (κ3) is 3.05. The molecule has 0 amide bonds. The zero-order valence-electron chi connectivity index (χ0n) is 10.7. The molecule has 2 nitrogen and oxygen atoms in total. The van der Waals surface area contributed by atoms with Crippen LogP contribution in [0.4, 0.5) is 11.4 Å². The van der Waals surface area contributed by atoms with E-state index in [0.717, 1.165) is 22.3 Å². The maximum absolute atomic E-state index is 6.05.